The Morgan fingerprint density at radius 2 is 1.85 bits per heavy atom. The van der Waals surface area contributed by atoms with Gasteiger partial charge in [0.05, 0.1) is 6.20 Å². The first-order chi connectivity index (χ1) is 9.83. The minimum atomic E-state index is 0.112. The third kappa shape index (κ3) is 2.80. The maximum Gasteiger partial charge on any atom is 0.229 e. The van der Waals surface area contributed by atoms with Crippen LogP contribution in [0.5, 0.6) is 11.6 Å². The van der Waals surface area contributed by atoms with Crippen LogP contribution in [0.3, 0.4) is 0 Å². The van der Waals surface area contributed by atoms with E-state index in [1.807, 2.05) is 30.3 Å². The zero-order valence-corrected chi connectivity index (χ0v) is 11.2. The number of fused-ring (bicyclic) bond motifs is 1. The standard InChI is InChI=1S/C13H11ClN4O2/c14-13-16-11-10(8-15-18-11)12(17-13)20-7-6-19-9-4-2-1-3-5-9/h1-5,8H,6-7H2,(H,15,16,17,18). The second kappa shape index (κ2) is 5.75. The minimum absolute atomic E-state index is 0.112. The summed E-state index contributed by atoms with van der Waals surface area (Å²) in [6, 6.07) is 9.53. The number of aromatic nitrogens is 4. The number of rotatable bonds is 5. The van der Waals surface area contributed by atoms with Gasteiger partial charge in [0.2, 0.25) is 11.2 Å². The number of para-hydroxylation sites is 1. The van der Waals surface area contributed by atoms with Gasteiger partial charge in [0.15, 0.2) is 5.65 Å². The highest BCUT2D eigenvalue weighted by Gasteiger charge is 2.09. The molecule has 0 aliphatic heterocycles. The summed E-state index contributed by atoms with van der Waals surface area (Å²) in [4.78, 5) is 8.03. The van der Waals surface area contributed by atoms with Gasteiger partial charge in [-0.3, -0.25) is 5.10 Å². The Balaban J connectivity index is 1.61. The van der Waals surface area contributed by atoms with Crippen LogP contribution >= 0.6 is 11.6 Å². The molecule has 1 N–H and O–H groups in total. The van der Waals surface area contributed by atoms with Crippen molar-refractivity contribution in [2.75, 3.05) is 13.2 Å². The fourth-order valence-corrected chi connectivity index (χ4v) is 1.87. The van der Waals surface area contributed by atoms with E-state index in [1.165, 1.54) is 0 Å². The van der Waals surface area contributed by atoms with E-state index >= 15 is 0 Å². The molecular formula is C13H11ClN4O2. The van der Waals surface area contributed by atoms with Gasteiger partial charge in [-0.1, -0.05) is 18.2 Å². The molecule has 3 aromatic rings. The van der Waals surface area contributed by atoms with Crippen molar-refractivity contribution in [3.63, 3.8) is 0 Å². The Morgan fingerprint density at radius 3 is 2.70 bits per heavy atom. The molecule has 0 unspecified atom stereocenters. The molecule has 0 amide bonds. The smallest absolute Gasteiger partial charge is 0.229 e. The lowest BCUT2D eigenvalue weighted by atomic mass is 10.3. The molecular weight excluding hydrogens is 280 g/mol. The summed E-state index contributed by atoms with van der Waals surface area (Å²) >= 11 is 5.81. The number of benzene rings is 1. The second-order valence-electron chi connectivity index (χ2n) is 3.94. The van der Waals surface area contributed by atoms with Gasteiger partial charge in [-0.15, -0.1) is 0 Å². The van der Waals surface area contributed by atoms with E-state index in [0.717, 1.165) is 5.75 Å². The molecule has 0 saturated heterocycles. The molecule has 1 aromatic carbocycles. The lowest BCUT2D eigenvalue weighted by molar-refractivity contribution is 0.213. The number of nitrogens with one attached hydrogen (secondary N) is 1. The molecule has 0 atom stereocenters. The molecule has 0 saturated carbocycles. The molecule has 0 radical (unpaired) electrons. The van der Waals surface area contributed by atoms with Crippen LogP contribution in [0.1, 0.15) is 0 Å². The van der Waals surface area contributed by atoms with Crippen molar-refractivity contribution in [2.24, 2.45) is 0 Å². The molecule has 0 aliphatic rings. The van der Waals surface area contributed by atoms with Crippen LogP contribution in [-0.4, -0.2) is 33.4 Å². The maximum absolute atomic E-state index is 5.81. The Bertz CT molecular complexity index is 702. The summed E-state index contributed by atoms with van der Waals surface area (Å²) in [5.41, 5.74) is 0.545. The molecule has 0 spiro atoms. The van der Waals surface area contributed by atoms with Crippen molar-refractivity contribution in [3.05, 3.63) is 41.8 Å². The van der Waals surface area contributed by atoms with E-state index in [0.29, 0.717) is 30.1 Å². The number of aromatic amines is 1. The summed E-state index contributed by atoms with van der Waals surface area (Å²) in [6.07, 6.45) is 1.60. The average molecular weight is 291 g/mol. The van der Waals surface area contributed by atoms with Gasteiger partial charge in [-0.2, -0.15) is 15.1 Å². The Hall–Kier alpha value is -2.34. The molecule has 7 heteroatoms. The van der Waals surface area contributed by atoms with Crippen molar-refractivity contribution >= 4 is 22.6 Å². The first-order valence-electron chi connectivity index (χ1n) is 6.00. The van der Waals surface area contributed by atoms with Gasteiger partial charge in [-0.25, -0.2) is 0 Å². The number of ether oxygens (including phenoxy) is 2. The monoisotopic (exact) mass is 290 g/mol. The van der Waals surface area contributed by atoms with E-state index in [-0.39, 0.29) is 5.28 Å². The fraction of sp³-hybridized carbons (Fsp3) is 0.154. The van der Waals surface area contributed by atoms with Gasteiger partial charge in [0.1, 0.15) is 24.3 Å². The predicted octanol–water partition coefficient (Wildman–Crippen LogP) is 2.46. The van der Waals surface area contributed by atoms with Crippen LogP contribution in [0, 0.1) is 0 Å². The molecule has 0 aliphatic carbocycles. The lowest BCUT2D eigenvalue weighted by Gasteiger charge is -2.08. The zero-order chi connectivity index (χ0) is 13.8. The van der Waals surface area contributed by atoms with Gasteiger partial charge in [-0.05, 0) is 23.7 Å². The average Bonchev–Trinajstić information content (AvgIpc) is 2.92. The maximum atomic E-state index is 5.81. The van der Waals surface area contributed by atoms with Crippen LogP contribution in [0.25, 0.3) is 11.0 Å². The fourth-order valence-electron chi connectivity index (χ4n) is 1.71. The van der Waals surface area contributed by atoms with Crippen molar-refractivity contribution < 1.29 is 9.47 Å². The largest absolute Gasteiger partial charge is 0.490 e. The Morgan fingerprint density at radius 1 is 1.05 bits per heavy atom. The van der Waals surface area contributed by atoms with E-state index in [4.69, 9.17) is 21.1 Å². The zero-order valence-electron chi connectivity index (χ0n) is 10.4. The molecule has 0 fully saturated rings. The quantitative estimate of drug-likeness (QED) is 0.577. The summed E-state index contributed by atoms with van der Waals surface area (Å²) in [7, 11) is 0. The van der Waals surface area contributed by atoms with Crippen LogP contribution in [0.2, 0.25) is 5.28 Å². The highest BCUT2D eigenvalue weighted by molar-refractivity contribution is 6.28. The lowest BCUT2D eigenvalue weighted by Crippen LogP contribution is -2.10. The summed E-state index contributed by atoms with van der Waals surface area (Å²) in [5, 5.41) is 7.40. The van der Waals surface area contributed by atoms with Gasteiger partial charge in [0, 0.05) is 0 Å². The van der Waals surface area contributed by atoms with Gasteiger partial charge in [0.25, 0.3) is 0 Å². The minimum Gasteiger partial charge on any atom is -0.490 e. The van der Waals surface area contributed by atoms with Crippen molar-refractivity contribution in [3.8, 4) is 11.6 Å². The molecule has 2 heterocycles. The van der Waals surface area contributed by atoms with Crippen LogP contribution in [-0.2, 0) is 0 Å². The van der Waals surface area contributed by atoms with Crippen molar-refractivity contribution in [1.29, 1.82) is 0 Å². The predicted molar refractivity (Wildman–Crippen MR) is 74.1 cm³/mol. The van der Waals surface area contributed by atoms with Gasteiger partial charge < -0.3 is 9.47 Å². The Labute approximate surface area is 119 Å². The molecule has 20 heavy (non-hydrogen) atoms. The number of nitrogens with zero attached hydrogens (tertiary/aromatic N) is 3. The number of halogens is 1. The third-order valence-electron chi connectivity index (χ3n) is 2.58. The highest BCUT2D eigenvalue weighted by Crippen LogP contribution is 2.21. The SMILES string of the molecule is Clc1nc(OCCOc2ccccc2)c2cn[nH]c2n1. The molecule has 6 nitrogen and oxygen atoms in total. The van der Waals surface area contributed by atoms with Crippen LogP contribution < -0.4 is 9.47 Å². The Kier molecular flexibility index (Phi) is 3.64. The van der Waals surface area contributed by atoms with E-state index in [1.54, 1.807) is 6.20 Å². The molecule has 102 valence electrons. The molecule has 2 aromatic heterocycles. The van der Waals surface area contributed by atoms with Crippen molar-refractivity contribution in [2.45, 2.75) is 0 Å². The van der Waals surface area contributed by atoms with E-state index < -0.39 is 0 Å². The van der Waals surface area contributed by atoms with Crippen LogP contribution in [0.4, 0.5) is 0 Å². The number of hydrogen-bond donors (Lipinski definition) is 1. The summed E-state index contributed by atoms with van der Waals surface area (Å²) in [6.45, 7) is 0.757. The number of H-pyrrole nitrogens is 1. The number of hydrogen-bond acceptors (Lipinski definition) is 5. The van der Waals surface area contributed by atoms with E-state index in [9.17, 15) is 0 Å². The van der Waals surface area contributed by atoms with Crippen LogP contribution in [0.15, 0.2) is 36.5 Å². The summed E-state index contributed by atoms with van der Waals surface area (Å²) < 4.78 is 11.1. The first kappa shape index (κ1) is 12.7. The van der Waals surface area contributed by atoms with E-state index in [2.05, 4.69) is 20.2 Å². The molecule has 0 bridgehead atoms. The topological polar surface area (TPSA) is 72.9 Å². The third-order valence-corrected chi connectivity index (χ3v) is 2.75. The normalized spacial score (nSPS) is 10.7. The molecule has 3 rings (SSSR count). The first-order valence-corrected chi connectivity index (χ1v) is 6.38. The van der Waals surface area contributed by atoms with Crippen molar-refractivity contribution in [1.82, 2.24) is 20.2 Å². The van der Waals surface area contributed by atoms with Gasteiger partial charge >= 0.3 is 0 Å². The summed E-state index contributed by atoms with van der Waals surface area (Å²) in [5.74, 6) is 1.19. The highest BCUT2D eigenvalue weighted by atomic mass is 35.5. The second-order valence-corrected chi connectivity index (χ2v) is 4.28.